The largest absolute Gasteiger partial charge is 0.292 e. The molecule has 132 valence electrons. The van der Waals surface area contributed by atoms with Crippen molar-refractivity contribution in [1.82, 2.24) is 15.2 Å². The van der Waals surface area contributed by atoms with Crippen LogP contribution >= 0.6 is 0 Å². The van der Waals surface area contributed by atoms with Gasteiger partial charge in [0.05, 0.1) is 11.1 Å². The van der Waals surface area contributed by atoms with Crippen molar-refractivity contribution in [2.24, 2.45) is 12.1 Å². The number of aryl methyl sites for hydroxylation is 1. The molecule has 0 aliphatic rings. The van der Waals surface area contributed by atoms with Gasteiger partial charge in [0, 0.05) is 12.4 Å². The van der Waals surface area contributed by atoms with Gasteiger partial charge in [-0.25, -0.2) is 14.5 Å². The summed E-state index contributed by atoms with van der Waals surface area (Å²) in [4.78, 5) is 24.7. The minimum atomic E-state index is -0.523. The average molecular weight is 352 g/mol. The van der Waals surface area contributed by atoms with Gasteiger partial charge in [0.1, 0.15) is 5.82 Å². The molecule has 1 heterocycles. The number of benzene rings is 2. The predicted octanol–water partition coefficient (Wildman–Crippen LogP) is 2.62. The zero-order valence-corrected chi connectivity index (χ0v) is 14.4. The number of nitrogens with zero attached hydrogens (tertiary/aromatic N) is 3. The van der Waals surface area contributed by atoms with Crippen LogP contribution in [0.2, 0.25) is 0 Å². The number of fused-ring (bicyclic) bond motifs is 1. The second kappa shape index (κ2) is 7.26. The summed E-state index contributed by atoms with van der Waals surface area (Å²) in [7, 11) is 1.49. The first kappa shape index (κ1) is 17.5. The summed E-state index contributed by atoms with van der Waals surface area (Å²) in [6, 6.07) is 12.7. The molecule has 7 heteroatoms. The fourth-order valence-electron chi connectivity index (χ4n) is 2.63. The van der Waals surface area contributed by atoms with Crippen LogP contribution in [-0.4, -0.2) is 21.4 Å². The van der Waals surface area contributed by atoms with E-state index in [0.717, 1.165) is 4.68 Å². The zero-order chi connectivity index (χ0) is 18.7. The zero-order valence-electron chi connectivity index (χ0n) is 14.4. The van der Waals surface area contributed by atoms with Gasteiger partial charge in [-0.3, -0.25) is 9.59 Å². The highest BCUT2D eigenvalue weighted by molar-refractivity contribution is 6.06. The molecule has 3 rings (SSSR count). The maximum absolute atomic E-state index is 13.1. The van der Waals surface area contributed by atoms with Crippen LogP contribution in [0.15, 0.2) is 58.4 Å². The molecule has 0 atom stereocenters. The number of halogens is 1. The van der Waals surface area contributed by atoms with Crippen LogP contribution in [-0.2, 0) is 7.05 Å². The topological polar surface area (TPSA) is 76.3 Å². The third-order valence-electron chi connectivity index (χ3n) is 3.98. The number of hydrazone groups is 1. The Labute approximate surface area is 149 Å². The molecule has 0 bridgehead atoms. The van der Waals surface area contributed by atoms with E-state index in [4.69, 9.17) is 0 Å². The second-order valence-corrected chi connectivity index (χ2v) is 5.68. The molecule has 0 unspecified atom stereocenters. The van der Waals surface area contributed by atoms with Crippen molar-refractivity contribution >= 4 is 22.4 Å². The molecule has 0 aliphatic carbocycles. The van der Waals surface area contributed by atoms with Crippen molar-refractivity contribution in [3.63, 3.8) is 0 Å². The Morgan fingerprint density at radius 3 is 2.46 bits per heavy atom. The number of amides is 1. The monoisotopic (exact) mass is 352 g/mol. The molecule has 1 amide bonds. The average Bonchev–Trinajstić information content (AvgIpc) is 2.66. The summed E-state index contributed by atoms with van der Waals surface area (Å²) in [5.74, 6) is -0.862. The lowest BCUT2D eigenvalue weighted by Crippen LogP contribution is -2.27. The Bertz CT molecular complexity index is 1060. The van der Waals surface area contributed by atoms with Crippen LogP contribution in [0.3, 0.4) is 0 Å². The van der Waals surface area contributed by atoms with E-state index >= 15 is 0 Å². The minimum absolute atomic E-state index is 0.112. The highest BCUT2D eigenvalue weighted by Crippen LogP contribution is 2.13. The van der Waals surface area contributed by atoms with E-state index in [9.17, 15) is 14.0 Å². The molecule has 2 aromatic carbocycles. The Kier molecular flexibility index (Phi) is 4.88. The summed E-state index contributed by atoms with van der Waals surface area (Å²) in [6.45, 7) is 1.88. The van der Waals surface area contributed by atoms with Gasteiger partial charge in [-0.05, 0) is 30.2 Å². The van der Waals surface area contributed by atoms with Gasteiger partial charge >= 0.3 is 0 Å². The fourth-order valence-corrected chi connectivity index (χ4v) is 2.63. The molecule has 0 radical (unpaired) electrons. The lowest BCUT2D eigenvalue weighted by atomic mass is 10.1. The van der Waals surface area contributed by atoms with Gasteiger partial charge in [0.15, 0.2) is 5.69 Å². The molecule has 26 heavy (non-hydrogen) atoms. The first-order valence-corrected chi connectivity index (χ1v) is 8.10. The molecule has 6 nitrogen and oxygen atoms in total. The summed E-state index contributed by atoms with van der Waals surface area (Å²) in [5.41, 5.74) is 3.63. The Morgan fingerprint density at radius 1 is 1.15 bits per heavy atom. The normalized spacial score (nSPS) is 11.6. The highest BCUT2D eigenvalue weighted by Gasteiger charge is 2.15. The van der Waals surface area contributed by atoms with E-state index in [0.29, 0.717) is 28.5 Å². The van der Waals surface area contributed by atoms with Gasteiger partial charge in [0.2, 0.25) is 0 Å². The number of carbonyl (C=O) groups excluding carboxylic acids is 1. The first-order valence-electron chi connectivity index (χ1n) is 8.10. The van der Waals surface area contributed by atoms with Crippen molar-refractivity contribution in [3.05, 3.63) is 76.0 Å². The van der Waals surface area contributed by atoms with E-state index in [2.05, 4.69) is 15.6 Å². The molecule has 0 spiro atoms. The molecule has 0 fully saturated rings. The lowest BCUT2D eigenvalue weighted by Gasteiger charge is -2.08. The minimum Gasteiger partial charge on any atom is -0.267 e. The third kappa shape index (κ3) is 3.37. The lowest BCUT2D eigenvalue weighted by molar-refractivity contribution is 0.0949. The van der Waals surface area contributed by atoms with Gasteiger partial charge in [0.25, 0.3) is 11.5 Å². The standard InChI is InChI=1S/C19H17FN4O2/c1-3-16(12-8-10-13(20)11-9-12)21-22-18(25)17-14-6-4-5-7-15(14)19(26)24(2)23-17/h4-11H,3H2,1-2H3,(H,22,25)/b21-16+. The predicted molar refractivity (Wildman–Crippen MR) is 97.7 cm³/mol. The van der Waals surface area contributed by atoms with E-state index in [1.165, 1.54) is 19.2 Å². The van der Waals surface area contributed by atoms with Crippen molar-refractivity contribution in [1.29, 1.82) is 0 Å². The van der Waals surface area contributed by atoms with Crippen molar-refractivity contribution in [2.45, 2.75) is 13.3 Å². The number of nitrogens with one attached hydrogen (secondary N) is 1. The van der Waals surface area contributed by atoms with Gasteiger partial charge < -0.3 is 0 Å². The van der Waals surface area contributed by atoms with Crippen molar-refractivity contribution < 1.29 is 9.18 Å². The van der Waals surface area contributed by atoms with Crippen LogP contribution in [0.5, 0.6) is 0 Å². The SMILES string of the molecule is CC/C(=N\NC(=O)c1nn(C)c(=O)c2ccccc12)c1ccc(F)cc1. The number of aromatic nitrogens is 2. The first-order chi connectivity index (χ1) is 12.5. The number of carbonyl (C=O) groups is 1. The van der Waals surface area contributed by atoms with Crippen molar-refractivity contribution in [2.75, 3.05) is 0 Å². The van der Waals surface area contributed by atoms with E-state index in [1.54, 1.807) is 36.4 Å². The smallest absolute Gasteiger partial charge is 0.267 e. The van der Waals surface area contributed by atoms with E-state index in [-0.39, 0.29) is 17.1 Å². The Morgan fingerprint density at radius 2 is 1.81 bits per heavy atom. The summed E-state index contributed by atoms with van der Waals surface area (Å²) >= 11 is 0. The summed E-state index contributed by atoms with van der Waals surface area (Å²) in [5, 5.41) is 9.08. The number of rotatable bonds is 4. The number of hydrogen-bond acceptors (Lipinski definition) is 4. The fraction of sp³-hybridized carbons (Fsp3) is 0.158. The van der Waals surface area contributed by atoms with Crippen LogP contribution in [0, 0.1) is 5.82 Å². The molecule has 0 aliphatic heterocycles. The van der Waals surface area contributed by atoms with Crippen LogP contribution in [0.4, 0.5) is 4.39 Å². The molecule has 1 N–H and O–H groups in total. The molecular weight excluding hydrogens is 335 g/mol. The van der Waals surface area contributed by atoms with Gasteiger partial charge in [-0.15, -0.1) is 0 Å². The quantitative estimate of drug-likeness (QED) is 0.579. The molecule has 0 saturated carbocycles. The Balaban J connectivity index is 1.95. The van der Waals surface area contributed by atoms with Gasteiger partial charge in [-0.2, -0.15) is 10.2 Å². The summed E-state index contributed by atoms with van der Waals surface area (Å²) in [6.07, 6.45) is 0.549. The van der Waals surface area contributed by atoms with Crippen molar-refractivity contribution in [3.8, 4) is 0 Å². The van der Waals surface area contributed by atoms with E-state index < -0.39 is 5.91 Å². The number of hydrogen-bond donors (Lipinski definition) is 1. The molecular formula is C19H17FN4O2. The van der Waals surface area contributed by atoms with Crippen LogP contribution in [0.1, 0.15) is 29.4 Å². The maximum atomic E-state index is 13.1. The van der Waals surface area contributed by atoms with E-state index in [1.807, 2.05) is 6.92 Å². The van der Waals surface area contributed by atoms with Gasteiger partial charge in [-0.1, -0.05) is 37.3 Å². The highest BCUT2D eigenvalue weighted by atomic mass is 19.1. The van der Waals surface area contributed by atoms with Crippen LogP contribution < -0.4 is 11.0 Å². The summed E-state index contributed by atoms with van der Waals surface area (Å²) < 4.78 is 14.2. The molecule has 3 aromatic rings. The van der Waals surface area contributed by atoms with Crippen LogP contribution in [0.25, 0.3) is 10.8 Å². The maximum Gasteiger partial charge on any atom is 0.292 e. The molecule has 1 aromatic heterocycles. The third-order valence-corrected chi connectivity index (χ3v) is 3.98. The second-order valence-electron chi connectivity index (χ2n) is 5.68. The Hall–Kier alpha value is -3.35. The molecule has 0 saturated heterocycles.